The van der Waals surface area contributed by atoms with Gasteiger partial charge in [-0.25, -0.2) is 8.78 Å². The summed E-state index contributed by atoms with van der Waals surface area (Å²) in [7, 11) is 0. The van der Waals surface area contributed by atoms with Crippen LogP contribution in [0.4, 0.5) is 8.78 Å². The van der Waals surface area contributed by atoms with E-state index in [0.29, 0.717) is 47.4 Å². The van der Waals surface area contributed by atoms with E-state index < -0.39 is 5.82 Å². The summed E-state index contributed by atoms with van der Waals surface area (Å²) in [5.41, 5.74) is 2.27. The van der Waals surface area contributed by atoms with Crippen molar-refractivity contribution >= 4 is 16.8 Å². The molecule has 1 amide bonds. The standard InChI is InChI=1S/C28H26F2N4O2/c1-3-18-7-5-9-24(26(18)30)36-21-12-10-19(11-13-21)27-22-15-31-16-23(29)28(22)34(32-27)20-8-6-14-33(17-20)25(35)4-2/h4-5,7,9-13,15-16,20H,2-3,6,8,14,17H2,1H3/t20-/m1/s1. The first kappa shape index (κ1) is 23.7. The molecule has 1 fully saturated rings. The predicted molar refractivity (Wildman–Crippen MR) is 134 cm³/mol. The average molecular weight is 489 g/mol. The number of ether oxygens (including phenoxy) is 1. The van der Waals surface area contributed by atoms with Crippen molar-refractivity contribution in [1.82, 2.24) is 19.7 Å². The molecule has 1 saturated heterocycles. The van der Waals surface area contributed by atoms with Gasteiger partial charge in [-0.3, -0.25) is 14.5 Å². The van der Waals surface area contributed by atoms with E-state index in [1.807, 2.05) is 19.1 Å². The average Bonchev–Trinajstić information content (AvgIpc) is 3.31. The molecule has 0 unspecified atom stereocenters. The van der Waals surface area contributed by atoms with Crippen molar-refractivity contribution in [3.63, 3.8) is 0 Å². The summed E-state index contributed by atoms with van der Waals surface area (Å²) in [6.45, 7) is 6.53. The number of rotatable bonds is 6. The fourth-order valence-electron chi connectivity index (χ4n) is 4.72. The smallest absolute Gasteiger partial charge is 0.246 e. The molecule has 0 radical (unpaired) electrons. The minimum Gasteiger partial charge on any atom is -0.454 e. The van der Waals surface area contributed by atoms with E-state index in [1.54, 1.807) is 46.1 Å². The quantitative estimate of drug-likeness (QED) is 0.309. The first-order chi connectivity index (χ1) is 17.5. The molecule has 184 valence electrons. The molecule has 0 spiro atoms. The van der Waals surface area contributed by atoms with Crippen molar-refractivity contribution in [2.24, 2.45) is 0 Å². The second-order valence-corrected chi connectivity index (χ2v) is 8.80. The Hall–Kier alpha value is -4.07. The molecule has 2 aromatic heterocycles. The van der Waals surface area contributed by atoms with Crippen molar-refractivity contribution in [2.45, 2.75) is 32.2 Å². The van der Waals surface area contributed by atoms with Crippen LogP contribution in [0.2, 0.25) is 0 Å². The van der Waals surface area contributed by atoms with Gasteiger partial charge >= 0.3 is 0 Å². The highest BCUT2D eigenvalue weighted by atomic mass is 19.1. The van der Waals surface area contributed by atoms with Gasteiger partial charge in [0, 0.05) is 30.2 Å². The van der Waals surface area contributed by atoms with E-state index in [1.165, 1.54) is 12.3 Å². The van der Waals surface area contributed by atoms with E-state index >= 15 is 0 Å². The second kappa shape index (κ2) is 9.89. The van der Waals surface area contributed by atoms with Crippen LogP contribution in [-0.4, -0.2) is 38.7 Å². The number of pyridine rings is 1. The molecule has 0 saturated carbocycles. The molecular formula is C28H26F2N4O2. The molecule has 36 heavy (non-hydrogen) atoms. The van der Waals surface area contributed by atoms with Gasteiger partial charge in [0.2, 0.25) is 5.91 Å². The normalized spacial score (nSPS) is 15.8. The topological polar surface area (TPSA) is 60.2 Å². The molecule has 1 aliphatic rings. The number of aromatic nitrogens is 3. The summed E-state index contributed by atoms with van der Waals surface area (Å²) in [6, 6.07) is 12.0. The molecule has 4 aromatic rings. The van der Waals surface area contributed by atoms with Gasteiger partial charge < -0.3 is 9.64 Å². The van der Waals surface area contributed by atoms with Gasteiger partial charge in [0.25, 0.3) is 0 Å². The summed E-state index contributed by atoms with van der Waals surface area (Å²) in [6.07, 6.45) is 6.21. The Morgan fingerprint density at radius 2 is 2.00 bits per heavy atom. The Labute approximate surface area is 207 Å². The Bertz CT molecular complexity index is 1430. The zero-order valence-electron chi connectivity index (χ0n) is 20.0. The van der Waals surface area contributed by atoms with Crippen LogP contribution in [0.25, 0.3) is 22.2 Å². The van der Waals surface area contributed by atoms with Crippen LogP contribution in [0.5, 0.6) is 11.5 Å². The van der Waals surface area contributed by atoms with Crippen molar-refractivity contribution in [1.29, 1.82) is 0 Å². The zero-order valence-corrected chi connectivity index (χ0v) is 20.0. The van der Waals surface area contributed by atoms with Crippen LogP contribution in [0.1, 0.15) is 31.4 Å². The summed E-state index contributed by atoms with van der Waals surface area (Å²) >= 11 is 0. The van der Waals surface area contributed by atoms with E-state index in [0.717, 1.165) is 18.4 Å². The van der Waals surface area contributed by atoms with E-state index in [4.69, 9.17) is 9.84 Å². The minimum absolute atomic E-state index is 0.143. The third kappa shape index (κ3) is 4.34. The number of benzene rings is 2. The maximum Gasteiger partial charge on any atom is 0.246 e. The molecule has 1 atom stereocenters. The third-order valence-corrected chi connectivity index (χ3v) is 6.57. The van der Waals surface area contributed by atoms with Gasteiger partial charge in [-0.1, -0.05) is 25.6 Å². The number of aryl methyl sites for hydroxylation is 1. The molecule has 1 aliphatic heterocycles. The number of carbonyl (C=O) groups is 1. The first-order valence-corrected chi connectivity index (χ1v) is 12.0. The number of hydrogen-bond acceptors (Lipinski definition) is 4. The van der Waals surface area contributed by atoms with Gasteiger partial charge in [-0.2, -0.15) is 5.10 Å². The fourth-order valence-corrected chi connectivity index (χ4v) is 4.72. The summed E-state index contributed by atoms with van der Waals surface area (Å²) in [5.74, 6) is -0.338. The maximum absolute atomic E-state index is 15.0. The van der Waals surface area contributed by atoms with Crippen LogP contribution in [0, 0.1) is 11.6 Å². The molecule has 3 heterocycles. The summed E-state index contributed by atoms with van der Waals surface area (Å²) in [4.78, 5) is 17.9. The van der Waals surface area contributed by atoms with Crippen LogP contribution in [0.3, 0.4) is 0 Å². The van der Waals surface area contributed by atoms with Gasteiger partial charge in [-0.05, 0) is 61.2 Å². The maximum atomic E-state index is 15.0. The Morgan fingerprint density at radius 1 is 1.19 bits per heavy atom. The highest BCUT2D eigenvalue weighted by Crippen LogP contribution is 2.35. The number of fused-ring (bicyclic) bond motifs is 1. The van der Waals surface area contributed by atoms with Crippen LogP contribution in [-0.2, 0) is 11.2 Å². The number of hydrogen-bond donors (Lipinski definition) is 0. The molecule has 0 bridgehead atoms. The number of carbonyl (C=O) groups excluding carboxylic acids is 1. The fraction of sp³-hybridized carbons (Fsp3) is 0.250. The first-order valence-electron chi connectivity index (χ1n) is 12.0. The van der Waals surface area contributed by atoms with Crippen LogP contribution < -0.4 is 4.74 Å². The van der Waals surface area contributed by atoms with E-state index in [9.17, 15) is 13.6 Å². The minimum atomic E-state index is -0.468. The second-order valence-electron chi connectivity index (χ2n) is 8.80. The zero-order chi connectivity index (χ0) is 25.2. The van der Waals surface area contributed by atoms with Crippen molar-refractivity contribution in [3.8, 4) is 22.8 Å². The number of likely N-dealkylation sites (tertiary alicyclic amines) is 1. The molecule has 8 heteroatoms. The molecule has 0 N–H and O–H groups in total. The lowest BCUT2D eigenvalue weighted by atomic mass is 10.1. The van der Waals surface area contributed by atoms with Crippen molar-refractivity contribution in [3.05, 3.63) is 84.7 Å². The van der Waals surface area contributed by atoms with Gasteiger partial charge in [0.05, 0.1) is 12.2 Å². The Kier molecular flexibility index (Phi) is 6.50. The van der Waals surface area contributed by atoms with Gasteiger partial charge in [-0.15, -0.1) is 0 Å². The monoisotopic (exact) mass is 488 g/mol. The van der Waals surface area contributed by atoms with Crippen molar-refractivity contribution in [2.75, 3.05) is 13.1 Å². The van der Waals surface area contributed by atoms with E-state index in [2.05, 4.69) is 11.6 Å². The number of piperidine rings is 1. The summed E-state index contributed by atoms with van der Waals surface area (Å²) in [5, 5.41) is 5.37. The van der Waals surface area contributed by atoms with Gasteiger partial charge in [0.1, 0.15) is 17.0 Å². The molecule has 2 aromatic carbocycles. The highest BCUT2D eigenvalue weighted by Gasteiger charge is 2.28. The highest BCUT2D eigenvalue weighted by molar-refractivity contribution is 5.93. The third-order valence-electron chi connectivity index (χ3n) is 6.57. The van der Waals surface area contributed by atoms with Gasteiger partial charge in [0.15, 0.2) is 17.4 Å². The summed E-state index contributed by atoms with van der Waals surface area (Å²) < 4.78 is 37.0. The lowest BCUT2D eigenvalue weighted by Gasteiger charge is -2.32. The van der Waals surface area contributed by atoms with Crippen molar-refractivity contribution < 1.29 is 18.3 Å². The van der Waals surface area contributed by atoms with Crippen LogP contribution >= 0.6 is 0 Å². The number of amides is 1. The molecular weight excluding hydrogens is 462 g/mol. The number of halogens is 2. The number of nitrogens with zero attached hydrogens (tertiary/aromatic N) is 4. The van der Waals surface area contributed by atoms with Crippen LogP contribution in [0.15, 0.2) is 67.5 Å². The Balaban J connectivity index is 1.48. The SMILES string of the molecule is C=CC(=O)N1CCC[C@@H](n2nc(-c3ccc(Oc4cccc(CC)c4F)cc3)c3cncc(F)c32)C1. The van der Waals surface area contributed by atoms with E-state index in [-0.39, 0.29) is 23.5 Å². The molecule has 6 nitrogen and oxygen atoms in total. The predicted octanol–water partition coefficient (Wildman–Crippen LogP) is 6.08. The Morgan fingerprint density at radius 3 is 2.75 bits per heavy atom. The molecule has 0 aliphatic carbocycles. The largest absolute Gasteiger partial charge is 0.454 e. The lowest BCUT2D eigenvalue weighted by Crippen LogP contribution is -2.40. The molecule has 5 rings (SSSR count). The lowest BCUT2D eigenvalue weighted by molar-refractivity contribution is -0.127.